The van der Waals surface area contributed by atoms with E-state index in [9.17, 15) is 13.2 Å². The van der Waals surface area contributed by atoms with E-state index in [-0.39, 0.29) is 16.7 Å². The van der Waals surface area contributed by atoms with Gasteiger partial charge in [0.05, 0.1) is 12.2 Å². The number of aryl methyl sites for hydroxylation is 1. The number of ether oxygens (including phenoxy) is 1. The summed E-state index contributed by atoms with van der Waals surface area (Å²) in [6.07, 6.45) is 0.891. The van der Waals surface area contributed by atoms with E-state index < -0.39 is 11.9 Å². The van der Waals surface area contributed by atoms with Gasteiger partial charge in [0, 0.05) is 37.0 Å². The number of hydrogen-bond donors (Lipinski definition) is 0. The highest BCUT2D eigenvalue weighted by molar-refractivity contribution is 6.02. The molecule has 4 aliphatic rings. The highest BCUT2D eigenvalue weighted by atomic mass is 19.4. The fourth-order valence-electron chi connectivity index (χ4n) is 6.26. The predicted octanol–water partition coefficient (Wildman–Crippen LogP) is 5.05. The van der Waals surface area contributed by atoms with Gasteiger partial charge in [-0.2, -0.15) is 13.2 Å². The number of rotatable bonds is 6. The maximum Gasteiger partial charge on any atom is 0.434 e. The summed E-state index contributed by atoms with van der Waals surface area (Å²) >= 11 is 0. The van der Waals surface area contributed by atoms with E-state index in [1.807, 2.05) is 19.1 Å². The summed E-state index contributed by atoms with van der Waals surface area (Å²) in [6, 6.07) is 3.81. The average Bonchev–Trinajstić information content (AvgIpc) is 3.16. The molecule has 3 heterocycles. The van der Waals surface area contributed by atoms with Gasteiger partial charge in [-0.1, -0.05) is 13.8 Å². The lowest BCUT2D eigenvalue weighted by atomic mass is 9.34. The summed E-state index contributed by atoms with van der Waals surface area (Å²) in [5, 5.41) is 0. The van der Waals surface area contributed by atoms with Crippen LogP contribution in [0.2, 0.25) is 0 Å². The molecule has 0 amide bonds. The van der Waals surface area contributed by atoms with Crippen LogP contribution in [0.15, 0.2) is 46.1 Å². The normalized spacial score (nSPS) is 26.0. The molecule has 6 rings (SSSR count). The van der Waals surface area contributed by atoms with Crippen molar-refractivity contribution in [2.45, 2.75) is 57.5 Å². The summed E-state index contributed by atoms with van der Waals surface area (Å²) in [5.74, 6) is 2.68. The van der Waals surface area contributed by atoms with Gasteiger partial charge < -0.3 is 14.2 Å². The second-order valence-corrected chi connectivity index (χ2v) is 10.7. The number of aliphatic imine (C=N–C) groups is 2. The lowest BCUT2D eigenvalue weighted by Gasteiger charge is -2.71. The van der Waals surface area contributed by atoms with Gasteiger partial charge in [-0.15, -0.1) is 0 Å². The Labute approximate surface area is 208 Å². The molecule has 0 spiro atoms. The molecule has 0 aromatic carbocycles. The van der Waals surface area contributed by atoms with Gasteiger partial charge >= 0.3 is 6.18 Å². The third kappa shape index (κ3) is 4.00. The summed E-state index contributed by atoms with van der Waals surface area (Å²) in [6.45, 7) is 11.8. The van der Waals surface area contributed by atoms with Crippen LogP contribution in [-0.4, -0.2) is 51.7 Å². The molecule has 10 heteroatoms. The maximum absolute atomic E-state index is 13.2. The van der Waals surface area contributed by atoms with E-state index in [2.05, 4.69) is 40.4 Å². The van der Waals surface area contributed by atoms with Crippen molar-refractivity contribution in [1.29, 1.82) is 0 Å². The van der Waals surface area contributed by atoms with E-state index in [1.165, 1.54) is 0 Å². The molecule has 3 aliphatic carbocycles. The number of alkyl halides is 3. The minimum Gasteiger partial charge on any atom is -0.493 e. The van der Waals surface area contributed by atoms with Crippen LogP contribution >= 0.6 is 0 Å². The minimum absolute atomic E-state index is 0.0436. The fourth-order valence-corrected chi connectivity index (χ4v) is 6.26. The lowest BCUT2D eigenvalue weighted by molar-refractivity contribution is -0.161. The van der Waals surface area contributed by atoms with Gasteiger partial charge in [-0.05, 0) is 56.4 Å². The number of nitrogens with zero attached hydrogens (tertiary/aromatic N) is 6. The Bertz CT molecular complexity index is 1240. The number of halogens is 3. The highest BCUT2D eigenvalue weighted by Gasteiger charge is 2.70. The molecule has 3 fully saturated rings. The molecule has 2 aromatic heterocycles. The number of imidazole rings is 1. The summed E-state index contributed by atoms with van der Waals surface area (Å²) in [7, 11) is 1.65. The zero-order chi connectivity index (χ0) is 25.9. The van der Waals surface area contributed by atoms with Crippen molar-refractivity contribution in [3.8, 4) is 0 Å². The standard InChI is InChI=1S/C26H31F3N6O/c1-16(2)20-18(7-6-8-31-20)21(30-4)33-22-17(3)36-10-9-35(22)15-24-12-25(13-24,14-24)23-32-19(11-34(23)5)26(27,28)29/h6-8,11,16H,4,9-10,12-15H2,1-3,5H3. The molecule has 0 atom stereocenters. The average molecular weight is 501 g/mol. The summed E-state index contributed by atoms with van der Waals surface area (Å²) in [5.41, 5.74) is 0.709. The van der Waals surface area contributed by atoms with Gasteiger partial charge in [-0.3, -0.25) is 4.98 Å². The first-order valence-corrected chi connectivity index (χ1v) is 12.2. The van der Waals surface area contributed by atoms with Crippen LogP contribution in [0.25, 0.3) is 0 Å². The highest BCUT2D eigenvalue weighted by Crippen LogP contribution is 2.73. The third-order valence-corrected chi connectivity index (χ3v) is 7.59. The van der Waals surface area contributed by atoms with E-state index >= 15 is 0 Å². The Morgan fingerprint density at radius 2 is 2.00 bits per heavy atom. The largest absolute Gasteiger partial charge is 0.493 e. The van der Waals surface area contributed by atoms with Crippen LogP contribution in [0.3, 0.4) is 0 Å². The maximum atomic E-state index is 13.2. The van der Waals surface area contributed by atoms with Gasteiger partial charge in [0.15, 0.2) is 17.4 Å². The molecule has 36 heavy (non-hydrogen) atoms. The first-order valence-electron chi connectivity index (χ1n) is 12.2. The molecule has 1 aliphatic heterocycles. The molecule has 7 nitrogen and oxygen atoms in total. The van der Waals surface area contributed by atoms with Crippen LogP contribution in [0.4, 0.5) is 13.2 Å². The molecule has 2 bridgehead atoms. The number of pyridine rings is 1. The number of aromatic nitrogens is 3. The van der Waals surface area contributed by atoms with Crippen molar-refractivity contribution in [2.24, 2.45) is 22.4 Å². The van der Waals surface area contributed by atoms with Crippen molar-refractivity contribution in [2.75, 3.05) is 19.7 Å². The Balaban J connectivity index is 1.36. The predicted molar refractivity (Wildman–Crippen MR) is 131 cm³/mol. The smallest absolute Gasteiger partial charge is 0.434 e. The molecule has 3 saturated carbocycles. The van der Waals surface area contributed by atoms with Crippen molar-refractivity contribution in [3.63, 3.8) is 0 Å². The molecule has 0 saturated heterocycles. The van der Waals surface area contributed by atoms with E-state index in [0.717, 1.165) is 54.8 Å². The third-order valence-electron chi connectivity index (χ3n) is 7.59. The van der Waals surface area contributed by atoms with E-state index in [0.29, 0.717) is 24.8 Å². The first-order chi connectivity index (χ1) is 17.0. The van der Waals surface area contributed by atoms with Crippen molar-refractivity contribution >= 4 is 12.6 Å². The molecular weight excluding hydrogens is 469 g/mol. The molecular formula is C26H31F3N6O. The number of amidine groups is 1. The van der Waals surface area contributed by atoms with Crippen molar-refractivity contribution < 1.29 is 17.9 Å². The SMILES string of the molecule is C=NC(=NC1=C(C)OCCN1CC12CC(c3nc(C(F)(F)F)cn3C)(C1)C2)c1cccnc1C(C)C. The minimum atomic E-state index is -4.43. The van der Waals surface area contributed by atoms with Gasteiger partial charge in [0.2, 0.25) is 0 Å². The van der Waals surface area contributed by atoms with Gasteiger partial charge in [0.1, 0.15) is 18.2 Å². The second-order valence-electron chi connectivity index (χ2n) is 10.7. The zero-order valence-corrected chi connectivity index (χ0v) is 21.1. The Morgan fingerprint density at radius 1 is 1.28 bits per heavy atom. The van der Waals surface area contributed by atoms with Crippen molar-refractivity contribution in [3.05, 3.63) is 58.9 Å². The molecule has 0 unspecified atom stereocenters. The first kappa shape index (κ1) is 24.5. The van der Waals surface area contributed by atoms with Crippen LogP contribution in [0.1, 0.15) is 68.7 Å². The zero-order valence-electron chi connectivity index (χ0n) is 21.1. The van der Waals surface area contributed by atoms with Crippen LogP contribution in [0.5, 0.6) is 0 Å². The van der Waals surface area contributed by atoms with Gasteiger partial charge in [0.25, 0.3) is 0 Å². The van der Waals surface area contributed by atoms with E-state index in [4.69, 9.17) is 9.73 Å². The monoisotopic (exact) mass is 500 g/mol. The van der Waals surface area contributed by atoms with Crippen LogP contribution < -0.4 is 0 Å². The Morgan fingerprint density at radius 3 is 2.61 bits per heavy atom. The van der Waals surface area contributed by atoms with Crippen LogP contribution in [-0.2, 0) is 23.4 Å². The van der Waals surface area contributed by atoms with Crippen molar-refractivity contribution in [1.82, 2.24) is 19.4 Å². The van der Waals surface area contributed by atoms with Crippen LogP contribution in [0, 0.1) is 5.41 Å². The number of hydrogen-bond acceptors (Lipinski definition) is 5. The molecule has 192 valence electrons. The van der Waals surface area contributed by atoms with Gasteiger partial charge in [-0.25, -0.2) is 15.0 Å². The quantitative estimate of drug-likeness (QED) is 0.411. The topological polar surface area (TPSA) is 67.9 Å². The summed E-state index contributed by atoms with van der Waals surface area (Å²) < 4.78 is 46.9. The lowest BCUT2D eigenvalue weighted by Crippen LogP contribution is -2.68. The molecule has 0 radical (unpaired) electrons. The fraction of sp³-hybridized carbons (Fsp3) is 0.538. The summed E-state index contributed by atoms with van der Waals surface area (Å²) in [4.78, 5) is 19.8. The Hall–Kier alpha value is -3.17. The molecule has 0 N–H and O–H groups in total. The second kappa shape index (κ2) is 8.45. The Kier molecular flexibility index (Phi) is 5.76. The number of allylic oxidation sites excluding steroid dienone is 1. The molecule has 2 aromatic rings. The van der Waals surface area contributed by atoms with E-state index in [1.54, 1.807) is 17.8 Å².